The van der Waals surface area contributed by atoms with Crippen LogP contribution >= 0.6 is 11.8 Å². The number of hydrogen-bond acceptors (Lipinski definition) is 4. The molecule has 0 aromatic heterocycles. The molecule has 7 heteroatoms. The smallest absolute Gasteiger partial charge is 0.308 e. The molecule has 1 aliphatic rings. The maximum absolute atomic E-state index is 12.9. The molecule has 156 valence electrons. The van der Waals surface area contributed by atoms with E-state index in [-0.39, 0.29) is 24.3 Å². The van der Waals surface area contributed by atoms with Crippen LogP contribution in [0.1, 0.15) is 12.0 Å². The van der Waals surface area contributed by atoms with Crippen LogP contribution in [0.4, 0.5) is 21.9 Å². The molecular formula is C24H21N3O3S. The number of thioether (sulfide) groups is 1. The molecule has 4 amide bonds. The summed E-state index contributed by atoms with van der Waals surface area (Å²) in [5.74, 6) is -0.426. The van der Waals surface area contributed by atoms with Crippen LogP contribution < -0.4 is 15.5 Å². The van der Waals surface area contributed by atoms with E-state index in [0.29, 0.717) is 17.1 Å². The fourth-order valence-corrected chi connectivity index (χ4v) is 4.47. The highest BCUT2D eigenvalue weighted by Gasteiger charge is 2.40. The van der Waals surface area contributed by atoms with Crippen LogP contribution in [0.5, 0.6) is 0 Å². The van der Waals surface area contributed by atoms with Crippen molar-refractivity contribution < 1.29 is 14.4 Å². The molecule has 3 aromatic rings. The molecule has 0 bridgehead atoms. The van der Waals surface area contributed by atoms with Gasteiger partial charge in [0.05, 0.1) is 10.9 Å². The highest BCUT2D eigenvalue weighted by Crippen LogP contribution is 2.35. The Labute approximate surface area is 184 Å². The topological polar surface area (TPSA) is 78.5 Å². The number of carbonyl (C=O) groups is 3. The molecule has 0 spiro atoms. The standard InChI is InChI=1S/C24H21N3O3S/c1-16-7-5-11-19(13-16)27-22(28)15-21(23(27)29)31-20-12-6-10-18(14-20)26-24(30)25-17-8-3-2-4-9-17/h2-14,21H,15H2,1H3,(H2,25,26,30). The second-order valence-corrected chi connectivity index (χ2v) is 8.47. The minimum Gasteiger partial charge on any atom is -0.308 e. The van der Waals surface area contributed by atoms with Crippen molar-refractivity contribution in [3.63, 3.8) is 0 Å². The number of amides is 4. The van der Waals surface area contributed by atoms with Crippen LogP contribution in [0.3, 0.4) is 0 Å². The number of urea groups is 1. The van der Waals surface area contributed by atoms with Gasteiger partial charge in [-0.25, -0.2) is 9.69 Å². The Kier molecular flexibility index (Phi) is 6.04. The zero-order valence-electron chi connectivity index (χ0n) is 16.9. The van der Waals surface area contributed by atoms with Crippen molar-refractivity contribution in [3.8, 4) is 0 Å². The monoisotopic (exact) mass is 431 g/mol. The van der Waals surface area contributed by atoms with Crippen LogP contribution in [0.15, 0.2) is 83.8 Å². The first-order chi connectivity index (χ1) is 15.0. The van der Waals surface area contributed by atoms with Gasteiger partial charge >= 0.3 is 6.03 Å². The number of carbonyl (C=O) groups excluding carboxylic acids is 3. The molecule has 1 saturated heterocycles. The normalized spacial score (nSPS) is 15.8. The van der Waals surface area contributed by atoms with Gasteiger partial charge in [-0.05, 0) is 55.0 Å². The van der Waals surface area contributed by atoms with Gasteiger partial charge in [-0.2, -0.15) is 0 Å². The van der Waals surface area contributed by atoms with Gasteiger partial charge in [-0.1, -0.05) is 36.4 Å². The number of nitrogens with one attached hydrogen (secondary N) is 2. The number of para-hydroxylation sites is 1. The van der Waals surface area contributed by atoms with E-state index in [4.69, 9.17) is 0 Å². The minimum absolute atomic E-state index is 0.142. The molecule has 31 heavy (non-hydrogen) atoms. The lowest BCUT2D eigenvalue weighted by Gasteiger charge is -2.15. The third-order valence-electron chi connectivity index (χ3n) is 4.77. The quantitative estimate of drug-likeness (QED) is 0.553. The molecule has 1 atom stereocenters. The molecule has 6 nitrogen and oxygen atoms in total. The number of anilines is 3. The summed E-state index contributed by atoms with van der Waals surface area (Å²) in [6.07, 6.45) is 0.142. The summed E-state index contributed by atoms with van der Waals surface area (Å²) in [6, 6.07) is 23.4. The van der Waals surface area contributed by atoms with E-state index >= 15 is 0 Å². The van der Waals surface area contributed by atoms with Crippen LogP contribution in [-0.2, 0) is 9.59 Å². The van der Waals surface area contributed by atoms with E-state index in [1.165, 1.54) is 16.7 Å². The minimum atomic E-state index is -0.499. The molecule has 0 aliphatic carbocycles. The van der Waals surface area contributed by atoms with Crippen LogP contribution in [-0.4, -0.2) is 23.1 Å². The number of imide groups is 1. The van der Waals surface area contributed by atoms with Crippen molar-refractivity contribution in [2.24, 2.45) is 0 Å². The highest BCUT2D eigenvalue weighted by atomic mass is 32.2. The molecule has 1 aliphatic heterocycles. The number of rotatable bonds is 5. The van der Waals surface area contributed by atoms with Gasteiger partial charge in [0.25, 0.3) is 0 Å². The molecule has 4 rings (SSSR count). The Morgan fingerprint density at radius 1 is 0.903 bits per heavy atom. The first-order valence-corrected chi connectivity index (χ1v) is 10.7. The average molecular weight is 432 g/mol. The van der Waals surface area contributed by atoms with E-state index in [1.54, 1.807) is 36.4 Å². The Hall–Kier alpha value is -3.58. The van der Waals surface area contributed by atoms with E-state index in [1.807, 2.05) is 49.4 Å². The zero-order chi connectivity index (χ0) is 21.8. The van der Waals surface area contributed by atoms with Gasteiger partial charge in [-0.15, -0.1) is 11.8 Å². The summed E-state index contributed by atoms with van der Waals surface area (Å²) in [5.41, 5.74) is 2.88. The Morgan fingerprint density at radius 2 is 1.61 bits per heavy atom. The van der Waals surface area contributed by atoms with Crippen molar-refractivity contribution >= 4 is 46.7 Å². The second-order valence-electron chi connectivity index (χ2n) is 7.19. The summed E-state index contributed by atoms with van der Waals surface area (Å²) in [5, 5.41) is 5.05. The maximum Gasteiger partial charge on any atom is 0.323 e. The number of hydrogen-bond donors (Lipinski definition) is 2. The first kappa shape index (κ1) is 20.7. The van der Waals surface area contributed by atoms with Gasteiger partial charge in [0.1, 0.15) is 0 Å². The molecule has 1 heterocycles. The maximum atomic E-state index is 12.9. The molecule has 2 N–H and O–H groups in total. The predicted octanol–water partition coefficient (Wildman–Crippen LogP) is 5.06. The van der Waals surface area contributed by atoms with Crippen LogP contribution in [0.2, 0.25) is 0 Å². The highest BCUT2D eigenvalue weighted by molar-refractivity contribution is 8.00. The average Bonchev–Trinajstić information content (AvgIpc) is 3.02. The van der Waals surface area contributed by atoms with Crippen molar-refractivity contribution in [1.82, 2.24) is 0 Å². The summed E-state index contributed by atoms with van der Waals surface area (Å²) < 4.78 is 0. The number of nitrogens with zero attached hydrogens (tertiary/aromatic N) is 1. The van der Waals surface area contributed by atoms with Gasteiger partial charge in [0.2, 0.25) is 11.8 Å². The third kappa shape index (κ3) is 4.95. The summed E-state index contributed by atoms with van der Waals surface area (Å²) in [7, 11) is 0. The van der Waals surface area contributed by atoms with E-state index in [2.05, 4.69) is 10.6 Å². The zero-order valence-corrected chi connectivity index (χ0v) is 17.7. The Morgan fingerprint density at radius 3 is 2.39 bits per heavy atom. The van der Waals surface area contributed by atoms with Gasteiger partial charge in [-0.3, -0.25) is 9.59 Å². The van der Waals surface area contributed by atoms with Crippen molar-refractivity contribution in [2.75, 3.05) is 15.5 Å². The molecule has 0 saturated carbocycles. The fourth-order valence-electron chi connectivity index (χ4n) is 3.36. The molecule has 1 unspecified atom stereocenters. The van der Waals surface area contributed by atoms with Crippen LogP contribution in [0, 0.1) is 6.92 Å². The van der Waals surface area contributed by atoms with E-state index in [0.717, 1.165) is 10.5 Å². The fraction of sp³-hybridized carbons (Fsp3) is 0.125. The third-order valence-corrected chi connectivity index (χ3v) is 5.95. The summed E-state index contributed by atoms with van der Waals surface area (Å²) in [6.45, 7) is 1.92. The molecule has 1 fully saturated rings. The van der Waals surface area contributed by atoms with Crippen molar-refractivity contribution in [2.45, 2.75) is 23.5 Å². The van der Waals surface area contributed by atoms with Crippen molar-refractivity contribution in [3.05, 3.63) is 84.4 Å². The summed E-state index contributed by atoms with van der Waals surface area (Å²) in [4.78, 5) is 39.7. The lowest BCUT2D eigenvalue weighted by Crippen LogP contribution is -2.31. The Bertz CT molecular complexity index is 1130. The van der Waals surface area contributed by atoms with Gasteiger partial charge < -0.3 is 10.6 Å². The largest absolute Gasteiger partial charge is 0.323 e. The molecule has 0 radical (unpaired) electrons. The summed E-state index contributed by atoms with van der Waals surface area (Å²) >= 11 is 1.33. The first-order valence-electron chi connectivity index (χ1n) is 9.83. The van der Waals surface area contributed by atoms with Gasteiger partial charge in [0, 0.05) is 22.7 Å². The lowest BCUT2D eigenvalue weighted by molar-refractivity contribution is -0.121. The predicted molar refractivity (Wildman–Crippen MR) is 123 cm³/mol. The molecule has 3 aromatic carbocycles. The lowest BCUT2D eigenvalue weighted by atomic mass is 10.2. The van der Waals surface area contributed by atoms with Crippen molar-refractivity contribution in [1.29, 1.82) is 0 Å². The Balaban J connectivity index is 1.42. The van der Waals surface area contributed by atoms with Crippen LogP contribution in [0.25, 0.3) is 0 Å². The van der Waals surface area contributed by atoms with E-state index < -0.39 is 5.25 Å². The number of aryl methyl sites for hydroxylation is 1. The second kappa shape index (κ2) is 9.06. The van der Waals surface area contributed by atoms with E-state index in [9.17, 15) is 14.4 Å². The SMILES string of the molecule is Cc1cccc(N2C(=O)CC(Sc3cccc(NC(=O)Nc4ccccc4)c3)C2=O)c1. The molecular weight excluding hydrogens is 410 g/mol. The van der Waals surface area contributed by atoms with Gasteiger partial charge in [0.15, 0.2) is 0 Å². The number of benzene rings is 3.